The van der Waals surface area contributed by atoms with Crippen LogP contribution in [0.5, 0.6) is 11.5 Å². The zero-order valence-electron chi connectivity index (χ0n) is 17.9. The molecule has 0 atom stereocenters. The summed E-state index contributed by atoms with van der Waals surface area (Å²) in [5.74, 6) is 0.628. The summed E-state index contributed by atoms with van der Waals surface area (Å²) in [6, 6.07) is 18.1. The van der Waals surface area contributed by atoms with Crippen LogP contribution in [0.15, 0.2) is 70.0 Å². The number of ether oxygens (including phenoxy) is 2. The van der Waals surface area contributed by atoms with Crippen molar-refractivity contribution < 1.29 is 19.1 Å². The molecule has 3 aromatic rings. The molecule has 0 aromatic heterocycles. The Kier molecular flexibility index (Phi) is 7.88. The second kappa shape index (κ2) is 10.9. The highest BCUT2D eigenvalue weighted by Gasteiger charge is 2.35. The molecule has 1 saturated heterocycles. The van der Waals surface area contributed by atoms with E-state index in [0.29, 0.717) is 36.5 Å². The van der Waals surface area contributed by atoms with Crippen LogP contribution in [0, 0.1) is 0 Å². The lowest BCUT2D eigenvalue weighted by atomic mass is 10.1. The molecule has 0 radical (unpaired) electrons. The second-order valence-corrected chi connectivity index (χ2v) is 10.0. The van der Waals surface area contributed by atoms with Crippen LogP contribution in [0.25, 0.3) is 6.08 Å². The van der Waals surface area contributed by atoms with E-state index in [-0.39, 0.29) is 24.3 Å². The molecule has 34 heavy (non-hydrogen) atoms. The molecule has 1 aliphatic rings. The van der Waals surface area contributed by atoms with Crippen LogP contribution in [-0.2, 0) is 17.9 Å². The Labute approximate surface area is 219 Å². The van der Waals surface area contributed by atoms with Gasteiger partial charge in [0.2, 0.25) is 0 Å². The fourth-order valence-corrected chi connectivity index (χ4v) is 5.18. The van der Waals surface area contributed by atoms with Crippen LogP contribution in [0.3, 0.4) is 0 Å². The van der Waals surface area contributed by atoms with E-state index in [1.54, 1.807) is 36.4 Å². The number of halogens is 3. The molecule has 1 aliphatic heterocycles. The smallest absolute Gasteiger partial charge is 0.293 e. The summed E-state index contributed by atoms with van der Waals surface area (Å²) in [6.07, 6.45) is 1.67. The molecule has 174 valence electrons. The fraction of sp³-hybridized carbons (Fsp3) is 0.120. The summed E-state index contributed by atoms with van der Waals surface area (Å²) in [7, 11) is 1.53. The van der Waals surface area contributed by atoms with Gasteiger partial charge in [0.1, 0.15) is 6.61 Å². The van der Waals surface area contributed by atoms with Crippen molar-refractivity contribution in [1.29, 1.82) is 0 Å². The molecule has 1 heterocycles. The van der Waals surface area contributed by atoms with Gasteiger partial charge in [-0.1, -0.05) is 59.6 Å². The van der Waals surface area contributed by atoms with Gasteiger partial charge in [0, 0.05) is 15.6 Å². The van der Waals surface area contributed by atoms with Crippen molar-refractivity contribution in [1.82, 2.24) is 4.90 Å². The number of rotatable bonds is 7. The van der Waals surface area contributed by atoms with Crippen molar-refractivity contribution in [3.05, 3.63) is 96.8 Å². The van der Waals surface area contributed by atoms with Gasteiger partial charge in [0.25, 0.3) is 11.1 Å². The third kappa shape index (κ3) is 5.61. The molecular weight excluding hydrogens is 561 g/mol. The molecule has 9 heteroatoms. The molecule has 0 saturated carbocycles. The standard InChI is InChI=1S/C25H18BrCl2NO4S/c1-32-21-10-16(9-19(26)23(21)33-14-17-7-8-18(27)12-20(17)28)11-22-24(30)29(25(31)34-22)13-15-5-3-2-4-6-15/h2-12H,13-14H2,1H3/b22-11-. The first-order chi connectivity index (χ1) is 16.4. The Morgan fingerprint density at radius 2 is 1.82 bits per heavy atom. The van der Waals surface area contributed by atoms with E-state index < -0.39 is 0 Å². The molecule has 1 fully saturated rings. The van der Waals surface area contributed by atoms with E-state index in [9.17, 15) is 9.59 Å². The minimum atomic E-state index is -0.327. The SMILES string of the molecule is COc1cc(/C=C2\SC(=O)N(Cc3ccccc3)C2=O)cc(Br)c1OCc1ccc(Cl)cc1Cl. The Morgan fingerprint density at radius 1 is 1.06 bits per heavy atom. The molecule has 0 N–H and O–H groups in total. The Morgan fingerprint density at radius 3 is 2.53 bits per heavy atom. The zero-order valence-corrected chi connectivity index (χ0v) is 21.8. The quantitative estimate of drug-likeness (QED) is 0.270. The number of imide groups is 1. The number of benzene rings is 3. The van der Waals surface area contributed by atoms with E-state index in [1.807, 2.05) is 30.3 Å². The first-order valence-corrected chi connectivity index (χ1v) is 12.5. The number of thioether (sulfide) groups is 1. The van der Waals surface area contributed by atoms with Crippen LogP contribution in [-0.4, -0.2) is 23.2 Å². The summed E-state index contributed by atoms with van der Waals surface area (Å²) < 4.78 is 12.1. The number of hydrogen-bond acceptors (Lipinski definition) is 5. The van der Waals surface area contributed by atoms with Crippen LogP contribution < -0.4 is 9.47 Å². The van der Waals surface area contributed by atoms with Crippen molar-refractivity contribution in [2.75, 3.05) is 7.11 Å². The van der Waals surface area contributed by atoms with Gasteiger partial charge in [-0.05, 0) is 69.2 Å². The van der Waals surface area contributed by atoms with E-state index in [2.05, 4.69) is 15.9 Å². The summed E-state index contributed by atoms with van der Waals surface area (Å²) in [6.45, 7) is 0.443. The number of nitrogens with zero attached hydrogens (tertiary/aromatic N) is 1. The minimum absolute atomic E-state index is 0.211. The molecule has 2 amide bonds. The average Bonchev–Trinajstić information content (AvgIpc) is 3.07. The molecule has 0 aliphatic carbocycles. The van der Waals surface area contributed by atoms with Crippen LogP contribution in [0.2, 0.25) is 10.0 Å². The van der Waals surface area contributed by atoms with Gasteiger partial charge in [-0.3, -0.25) is 14.5 Å². The second-order valence-electron chi connectivity index (χ2n) is 7.31. The molecule has 4 rings (SSSR count). The summed E-state index contributed by atoms with van der Waals surface area (Å²) in [5, 5.41) is 0.751. The Hall–Kier alpha value is -2.45. The maximum atomic E-state index is 12.9. The van der Waals surface area contributed by atoms with E-state index in [1.165, 1.54) is 12.0 Å². The van der Waals surface area contributed by atoms with Crippen molar-refractivity contribution in [2.45, 2.75) is 13.2 Å². The van der Waals surface area contributed by atoms with Gasteiger partial charge >= 0.3 is 0 Å². The van der Waals surface area contributed by atoms with Gasteiger partial charge in [-0.2, -0.15) is 0 Å². The van der Waals surface area contributed by atoms with E-state index in [0.717, 1.165) is 22.9 Å². The van der Waals surface area contributed by atoms with Crippen LogP contribution in [0.4, 0.5) is 4.79 Å². The Balaban J connectivity index is 1.54. The van der Waals surface area contributed by atoms with Gasteiger partial charge in [-0.25, -0.2) is 0 Å². The van der Waals surface area contributed by atoms with E-state index >= 15 is 0 Å². The third-order valence-corrected chi connectivity index (χ3v) is 7.08. The van der Waals surface area contributed by atoms with Crippen LogP contribution >= 0.6 is 50.9 Å². The average molecular weight is 579 g/mol. The van der Waals surface area contributed by atoms with Gasteiger partial charge in [0.15, 0.2) is 11.5 Å². The summed E-state index contributed by atoms with van der Waals surface area (Å²) in [4.78, 5) is 26.9. The minimum Gasteiger partial charge on any atom is -0.493 e. The Bertz CT molecular complexity index is 1280. The predicted octanol–water partition coefficient (Wildman–Crippen LogP) is 7.58. The lowest BCUT2D eigenvalue weighted by Crippen LogP contribution is -2.27. The maximum Gasteiger partial charge on any atom is 0.293 e. The highest BCUT2D eigenvalue weighted by molar-refractivity contribution is 9.10. The summed E-state index contributed by atoms with van der Waals surface area (Å²) >= 11 is 16.6. The molecule has 0 spiro atoms. The van der Waals surface area contributed by atoms with Gasteiger partial charge in [0.05, 0.1) is 23.0 Å². The molecule has 3 aromatic carbocycles. The number of methoxy groups -OCH3 is 1. The number of amides is 2. The lowest BCUT2D eigenvalue weighted by molar-refractivity contribution is -0.123. The zero-order chi connectivity index (χ0) is 24.2. The van der Waals surface area contributed by atoms with Gasteiger partial charge in [-0.15, -0.1) is 0 Å². The molecule has 5 nitrogen and oxygen atoms in total. The third-order valence-electron chi connectivity index (χ3n) is 4.99. The number of hydrogen-bond donors (Lipinski definition) is 0. The normalized spacial score (nSPS) is 14.7. The monoisotopic (exact) mass is 577 g/mol. The van der Waals surface area contributed by atoms with Crippen molar-refractivity contribution >= 4 is 68.1 Å². The number of carbonyl (C=O) groups excluding carboxylic acids is 2. The first-order valence-electron chi connectivity index (χ1n) is 10.1. The largest absolute Gasteiger partial charge is 0.493 e. The fourth-order valence-electron chi connectivity index (χ4n) is 3.31. The van der Waals surface area contributed by atoms with E-state index in [4.69, 9.17) is 32.7 Å². The first kappa shape index (κ1) is 24.7. The van der Waals surface area contributed by atoms with Crippen LogP contribution in [0.1, 0.15) is 16.7 Å². The van der Waals surface area contributed by atoms with Crippen molar-refractivity contribution in [2.24, 2.45) is 0 Å². The highest BCUT2D eigenvalue weighted by Crippen LogP contribution is 2.40. The summed E-state index contributed by atoms with van der Waals surface area (Å²) in [5.41, 5.74) is 2.35. The molecular formula is C25H18BrCl2NO4S. The predicted molar refractivity (Wildman–Crippen MR) is 139 cm³/mol. The van der Waals surface area contributed by atoms with Gasteiger partial charge < -0.3 is 9.47 Å². The maximum absolute atomic E-state index is 12.9. The van der Waals surface area contributed by atoms with Crippen molar-refractivity contribution in [3.63, 3.8) is 0 Å². The lowest BCUT2D eigenvalue weighted by Gasteiger charge is -2.14. The highest BCUT2D eigenvalue weighted by atomic mass is 79.9. The molecule has 0 bridgehead atoms. The topological polar surface area (TPSA) is 55.8 Å². The number of carbonyl (C=O) groups is 2. The molecule has 0 unspecified atom stereocenters. The van der Waals surface area contributed by atoms with Crippen molar-refractivity contribution in [3.8, 4) is 11.5 Å².